The summed E-state index contributed by atoms with van der Waals surface area (Å²) < 4.78 is 27.1. The molecule has 1 saturated heterocycles. The van der Waals surface area contributed by atoms with E-state index in [0.29, 0.717) is 31.0 Å². The van der Waals surface area contributed by atoms with Crippen LogP contribution in [0.5, 0.6) is 0 Å². The molecule has 0 bridgehead atoms. The van der Waals surface area contributed by atoms with Crippen LogP contribution in [0, 0.1) is 6.92 Å². The normalized spacial score (nSPS) is 18.0. The van der Waals surface area contributed by atoms with Crippen molar-refractivity contribution in [2.75, 3.05) is 6.54 Å². The van der Waals surface area contributed by atoms with Crippen molar-refractivity contribution in [3.8, 4) is 0 Å². The first-order valence-electron chi connectivity index (χ1n) is 8.48. The molecule has 1 N–H and O–H groups in total. The Morgan fingerprint density at radius 3 is 2.46 bits per heavy atom. The Hall–Kier alpha value is -1.89. The summed E-state index contributed by atoms with van der Waals surface area (Å²) in [5.74, 6) is -0.270. The topological polar surface area (TPSA) is 66.5 Å². The Morgan fingerprint density at radius 1 is 1.15 bits per heavy atom. The van der Waals surface area contributed by atoms with Gasteiger partial charge in [0, 0.05) is 18.1 Å². The summed E-state index contributed by atoms with van der Waals surface area (Å²) in [7, 11) is -3.68. The fourth-order valence-corrected chi connectivity index (χ4v) is 4.83. The number of nitrogens with zero attached hydrogens (tertiary/aromatic N) is 1. The van der Waals surface area contributed by atoms with E-state index in [9.17, 15) is 13.2 Å². The van der Waals surface area contributed by atoms with Crippen LogP contribution in [0.4, 0.5) is 0 Å². The van der Waals surface area contributed by atoms with Crippen molar-refractivity contribution in [2.24, 2.45) is 0 Å². The SMILES string of the molecule is Cc1ccc(S(=O)(=O)N2CCCC2C(=O)NCc2ccc(Cl)cc2)cc1. The summed E-state index contributed by atoms with van der Waals surface area (Å²) in [6, 6.07) is 13.2. The minimum Gasteiger partial charge on any atom is -0.351 e. The summed E-state index contributed by atoms with van der Waals surface area (Å²) >= 11 is 5.85. The maximum absolute atomic E-state index is 12.9. The van der Waals surface area contributed by atoms with Gasteiger partial charge in [0.1, 0.15) is 6.04 Å². The van der Waals surface area contributed by atoms with Crippen molar-refractivity contribution in [3.63, 3.8) is 0 Å². The van der Waals surface area contributed by atoms with Crippen LogP contribution in [0.25, 0.3) is 0 Å². The van der Waals surface area contributed by atoms with E-state index in [0.717, 1.165) is 11.1 Å². The lowest BCUT2D eigenvalue weighted by atomic mass is 10.2. The predicted molar refractivity (Wildman–Crippen MR) is 101 cm³/mol. The Morgan fingerprint density at radius 2 is 1.81 bits per heavy atom. The van der Waals surface area contributed by atoms with Gasteiger partial charge < -0.3 is 5.32 Å². The zero-order chi connectivity index (χ0) is 18.7. The number of carbonyl (C=O) groups excluding carboxylic acids is 1. The molecule has 138 valence electrons. The van der Waals surface area contributed by atoms with Crippen molar-refractivity contribution in [3.05, 3.63) is 64.7 Å². The molecule has 1 atom stereocenters. The molecule has 3 rings (SSSR count). The van der Waals surface area contributed by atoms with Crippen LogP contribution in [-0.4, -0.2) is 31.2 Å². The largest absolute Gasteiger partial charge is 0.351 e. The second-order valence-electron chi connectivity index (χ2n) is 6.43. The second-order valence-corrected chi connectivity index (χ2v) is 8.76. The van der Waals surface area contributed by atoms with E-state index in [1.165, 1.54) is 4.31 Å². The monoisotopic (exact) mass is 392 g/mol. The molecule has 7 heteroatoms. The number of nitrogens with one attached hydrogen (secondary N) is 1. The summed E-state index contributed by atoms with van der Waals surface area (Å²) in [4.78, 5) is 12.8. The molecular weight excluding hydrogens is 372 g/mol. The fraction of sp³-hybridized carbons (Fsp3) is 0.316. The number of amides is 1. The molecule has 1 unspecified atom stereocenters. The number of aryl methyl sites for hydroxylation is 1. The van der Waals surface area contributed by atoms with Gasteiger partial charge in [-0.05, 0) is 49.6 Å². The molecule has 0 aromatic heterocycles. The first-order chi connectivity index (χ1) is 12.4. The highest BCUT2D eigenvalue weighted by Gasteiger charge is 2.39. The smallest absolute Gasteiger partial charge is 0.243 e. The first kappa shape index (κ1) is 18.9. The molecule has 1 fully saturated rings. The van der Waals surface area contributed by atoms with Crippen molar-refractivity contribution in [1.29, 1.82) is 0 Å². The van der Waals surface area contributed by atoms with Crippen molar-refractivity contribution in [2.45, 2.75) is 37.2 Å². The Kier molecular flexibility index (Phi) is 5.65. The Balaban J connectivity index is 1.71. The average Bonchev–Trinajstić information content (AvgIpc) is 3.12. The summed E-state index contributed by atoms with van der Waals surface area (Å²) in [6.45, 7) is 2.60. The highest BCUT2D eigenvalue weighted by Crippen LogP contribution is 2.26. The predicted octanol–water partition coefficient (Wildman–Crippen LogP) is 3.12. The summed E-state index contributed by atoms with van der Waals surface area (Å²) in [5.41, 5.74) is 1.90. The van der Waals surface area contributed by atoms with Gasteiger partial charge in [0.05, 0.1) is 4.90 Å². The standard InChI is InChI=1S/C19H21ClN2O3S/c1-14-4-10-17(11-5-14)26(24,25)22-12-2-3-18(22)19(23)21-13-15-6-8-16(20)9-7-15/h4-11,18H,2-3,12-13H2,1H3,(H,21,23). The van der Waals surface area contributed by atoms with Gasteiger partial charge in [-0.15, -0.1) is 0 Å². The number of carbonyl (C=O) groups is 1. The summed E-state index contributed by atoms with van der Waals surface area (Å²) in [5, 5.41) is 3.47. The van der Waals surface area contributed by atoms with Gasteiger partial charge in [0.25, 0.3) is 0 Å². The number of halogens is 1. The highest BCUT2D eigenvalue weighted by atomic mass is 35.5. The van der Waals surface area contributed by atoms with Gasteiger partial charge in [0.2, 0.25) is 15.9 Å². The molecular formula is C19H21ClN2O3S. The minimum atomic E-state index is -3.68. The second kappa shape index (κ2) is 7.78. The molecule has 1 heterocycles. The van der Waals surface area contributed by atoms with Crippen LogP contribution in [0.1, 0.15) is 24.0 Å². The third kappa shape index (κ3) is 4.09. The minimum absolute atomic E-state index is 0.223. The van der Waals surface area contributed by atoms with Gasteiger partial charge in [-0.3, -0.25) is 4.79 Å². The molecule has 0 saturated carbocycles. The molecule has 2 aromatic carbocycles. The maximum atomic E-state index is 12.9. The molecule has 0 spiro atoms. The number of hydrogen-bond donors (Lipinski definition) is 1. The quantitative estimate of drug-likeness (QED) is 0.850. The first-order valence-corrected chi connectivity index (χ1v) is 10.3. The summed E-state index contributed by atoms with van der Waals surface area (Å²) in [6.07, 6.45) is 1.20. The van der Waals surface area contributed by atoms with Gasteiger partial charge in [-0.1, -0.05) is 41.4 Å². The number of sulfonamides is 1. The number of hydrogen-bond acceptors (Lipinski definition) is 3. The van der Waals surface area contributed by atoms with Crippen LogP contribution in [0.2, 0.25) is 5.02 Å². The zero-order valence-electron chi connectivity index (χ0n) is 14.5. The Bertz CT molecular complexity index is 880. The molecule has 1 aliphatic heterocycles. The molecule has 5 nitrogen and oxygen atoms in total. The lowest BCUT2D eigenvalue weighted by Crippen LogP contribution is -2.45. The third-order valence-electron chi connectivity index (χ3n) is 4.51. The fourth-order valence-electron chi connectivity index (χ4n) is 3.04. The lowest BCUT2D eigenvalue weighted by Gasteiger charge is -2.23. The van der Waals surface area contributed by atoms with Crippen LogP contribution >= 0.6 is 11.6 Å². The zero-order valence-corrected chi connectivity index (χ0v) is 16.1. The van der Waals surface area contributed by atoms with Crippen LogP contribution in [0.3, 0.4) is 0 Å². The van der Waals surface area contributed by atoms with Crippen LogP contribution in [0.15, 0.2) is 53.4 Å². The molecule has 1 amide bonds. The molecule has 0 aliphatic carbocycles. The number of rotatable bonds is 5. The van der Waals surface area contributed by atoms with E-state index in [2.05, 4.69) is 5.32 Å². The van der Waals surface area contributed by atoms with Crippen LogP contribution < -0.4 is 5.32 Å². The molecule has 0 radical (unpaired) electrons. The van der Waals surface area contributed by atoms with E-state index in [4.69, 9.17) is 11.6 Å². The van der Waals surface area contributed by atoms with E-state index in [-0.39, 0.29) is 10.8 Å². The van der Waals surface area contributed by atoms with Crippen molar-refractivity contribution in [1.82, 2.24) is 9.62 Å². The van der Waals surface area contributed by atoms with Gasteiger partial charge >= 0.3 is 0 Å². The lowest BCUT2D eigenvalue weighted by molar-refractivity contribution is -0.124. The average molecular weight is 393 g/mol. The van der Waals surface area contributed by atoms with Crippen LogP contribution in [-0.2, 0) is 21.4 Å². The van der Waals surface area contributed by atoms with Crippen molar-refractivity contribution < 1.29 is 13.2 Å². The van der Waals surface area contributed by atoms with Crippen molar-refractivity contribution >= 4 is 27.5 Å². The van der Waals surface area contributed by atoms with E-state index >= 15 is 0 Å². The molecule has 26 heavy (non-hydrogen) atoms. The van der Waals surface area contributed by atoms with Gasteiger partial charge in [-0.2, -0.15) is 4.31 Å². The maximum Gasteiger partial charge on any atom is 0.243 e. The van der Waals surface area contributed by atoms with E-state index in [1.807, 2.05) is 19.1 Å². The molecule has 1 aliphatic rings. The Labute approximate surface area is 159 Å². The van der Waals surface area contributed by atoms with Gasteiger partial charge in [0.15, 0.2) is 0 Å². The van der Waals surface area contributed by atoms with Gasteiger partial charge in [-0.25, -0.2) is 8.42 Å². The number of benzene rings is 2. The molecule has 2 aromatic rings. The third-order valence-corrected chi connectivity index (χ3v) is 6.69. The highest BCUT2D eigenvalue weighted by molar-refractivity contribution is 7.89. The van der Waals surface area contributed by atoms with E-state index in [1.54, 1.807) is 36.4 Å². The van der Waals surface area contributed by atoms with E-state index < -0.39 is 16.1 Å².